The van der Waals surface area contributed by atoms with Crippen molar-refractivity contribution >= 4 is 526 Å². The third-order valence-corrected chi connectivity index (χ3v) is 75.3. The summed E-state index contributed by atoms with van der Waals surface area (Å²) in [6.07, 6.45) is 0. The van der Waals surface area contributed by atoms with Gasteiger partial charge in [-0.25, -0.2) is 0 Å². The Morgan fingerprint density at radius 1 is 0.184 bits per heavy atom. The predicted octanol–water partition coefficient (Wildman–Crippen LogP) is 24.7. The van der Waals surface area contributed by atoms with Crippen LogP contribution in [0.3, 0.4) is 0 Å². The van der Waals surface area contributed by atoms with Crippen LogP contribution in [0.5, 0.6) is 0 Å². The number of rotatable bonds is 14. The van der Waals surface area contributed by atoms with Crippen LogP contribution < -0.4 is 0 Å². The maximum absolute atomic E-state index is 4.01. The van der Waals surface area contributed by atoms with Crippen molar-refractivity contribution in [3.8, 4) is 0 Å². The molecule has 0 aromatic carbocycles. The summed E-state index contributed by atoms with van der Waals surface area (Å²) < 4.78 is -17.5. The topological polar surface area (TPSA) is 0 Å². The molecule has 0 rings (SSSR count). The summed E-state index contributed by atoms with van der Waals surface area (Å²) in [5, 5.41) is 0. The van der Waals surface area contributed by atoms with Gasteiger partial charge in [0.1, 0.15) is 45.3 Å². The summed E-state index contributed by atoms with van der Waals surface area (Å²) in [5.74, 6) is 0. The van der Waals surface area contributed by atoms with Crippen LogP contribution in [0.2, 0.25) is 0 Å². The van der Waals surface area contributed by atoms with E-state index in [1.165, 1.54) is 0 Å². The van der Waals surface area contributed by atoms with Crippen molar-refractivity contribution in [3.63, 3.8) is 0 Å². The molecule has 0 fully saturated rings. The van der Waals surface area contributed by atoms with Crippen molar-refractivity contribution in [2.24, 2.45) is 0 Å². The van der Waals surface area contributed by atoms with Gasteiger partial charge in [0.25, 0.3) is 0 Å². The van der Waals surface area contributed by atoms with Gasteiger partial charge in [0.2, 0.25) is 0 Å². The van der Waals surface area contributed by atoms with Crippen LogP contribution in [-0.4, -0.2) is 51.1 Å². The van der Waals surface area contributed by atoms with E-state index in [0.29, 0.717) is 0 Å². The SMILES string of the molecule is BrC(Br)C(Br)(Br)C(Br)(Br)C(Br)(Br)C(Br)(Br)C(Br)(Br)C(Br)(Br)C(Br)(Br)C(Br)(Br)C(Br)(Br)C(Br)(Br)C(Br)(Br)C(Br)(Br)C(Br)(Br)C(Br)(Br)C(Br)(Br)Br. The molecule has 0 unspecified atom stereocenters. The summed E-state index contributed by atoms with van der Waals surface area (Å²) >= 11 is 128. The molecular weight excluding hydrogens is 2830 g/mol. The van der Waals surface area contributed by atoms with E-state index in [1.807, 2.05) is 0 Å². The van der Waals surface area contributed by atoms with Gasteiger partial charge in [0, 0.05) is 0 Å². The van der Waals surface area contributed by atoms with Crippen LogP contribution in [0.25, 0.3) is 0 Å². The van der Waals surface area contributed by atoms with Gasteiger partial charge in [0.05, 0.1) is 3.74 Å². The van der Waals surface area contributed by atoms with Crippen molar-refractivity contribution < 1.29 is 0 Å². The van der Waals surface area contributed by atoms with Gasteiger partial charge < -0.3 is 0 Å². The molecule has 0 aromatic rings. The fourth-order valence-corrected chi connectivity index (χ4v) is 35.2. The number of alkyl halides is 33. The second-order valence-corrected chi connectivity index (χ2v) is 67.0. The Morgan fingerprint density at radius 2 is 0.306 bits per heavy atom. The first kappa shape index (κ1) is 64.8. The zero-order valence-corrected chi connectivity index (χ0v) is 72.9. The number of hydrogen-bond acceptors (Lipinski definition) is 0. The second kappa shape index (κ2) is 21.3. The summed E-state index contributed by atoms with van der Waals surface area (Å²) in [5.41, 5.74) is 0. The van der Waals surface area contributed by atoms with E-state index in [9.17, 15) is 0 Å². The molecule has 0 spiro atoms. The minimum atomic E-state index is -1.29. The van der Waals surface area contributed by atoms with Crippen molar-refractivity contribution in [2.45, 2.75) is 51.1 Å². The molecule has 0 atom stereocenters. The monoisotopic (exact) mass is 2800 g/mol. The van der Waals surface area contributed by atoms with Crippen LogP contribution in [0.4, 0.5) is 0 Å². The van der Waals surface area contributed by atoms with E-state index in [2.05, 4.69) is 526 Å². The molecule has 49 heavy (non-hydrogen) atoms. The summed E-state index contributed by atoms with van der Waals surface area (Å²) in [6, 6.07) is 0. The maximum Gasteiger partial charge on any atom is 0.162 e. The van der Waals surface area contributed by atoms with Crippen LogP contribution in [-0.2, 0) is 0 Å². The Morgan fingerprint density at radius 3 is 0.429 bits per heavy atom. The van der Waals surface area contributed by atoms with Crippen LogP contribution in [0.1, 0.15) is 0 Å². The lowest BCUT2D eigenvalue weighted by Crippen LogP contribution is -2.73. The highest BCUT2D eigenvalue weighted by molar-refractivity contribution is 9.43. The molecule has 0 aliphatic heterocycles. The molecule has 0 aromatic heterocycles. The van der Waals surface area contributed by atoms with Gasteiger partial charge in [0.15, 0.2) is 2.14 Å². The van der Waals surface area contributed by atoms with E-state index >= 15 is 0 Å². The first-order valence-electron chi connectivity index (χ1n) is 10.1. The molecule has 0 bridgehead atoms. The quantitative estimate of drug-likeness (QED) is 0.152. The molecule has 0 saturated carbocycles. The minimum absolute atomic E-state index is 0.288. The van der Waals surface area contributed by atoms with Crippen LogP contribution in [0.15, 0.2) is 0 Å². The molecule has 0 amide bonds. The minimum Gasteiger partial charge on any atom is -0.0739 e. The highest BCUT2D eigenvalue weighted by Crippen LogP contribution is 2.83. The molecule has 296 valence electrons. The normalized spacial score (nSPS) is 17.3. The van der Waals surface area contributed by atoms with Gasteiger partial charge >= 0.3 is 0 Å². The third kappa shape index (κ3) is 11.2. The molecule has 0 heterocycles. The zero-order chi connectivity index (χ0) is 41.1. The number of halogens is 33. The molecule has 0 saturated heterocycles. The first-order valence-corrected chi connectivity index (χ1v) is 36.5. The van der Waals surface area contributed by atoms with E-state index < -0.39 is 47.4 Å². The number of hydrogen-bond donors (Lipinski definition) is 0. The zero-order valence-electron chi connectivity index (χ0n) is 20.6. The molecule has 0 N–H and O–H groups in total. The van der Waals surface area contributed by atoms with Gasteiger partial charge in [-0.15, -0.1) is 0 Å². The third-order valence-electron chi connectivity index (χ3n) is 5.78. The lowest BCUT2D eigenvalue weighted by molar-refractivity contribution is 0.528. The van der Waals surface area contributed by atoms with Gasteiger partial charge in [-0.2, -0.15) is 0 Å². The van der Waals surface area contributed by atoms with E-state index in [4.69, 9.17) is 0 Å². The van der Waals surface area contributed by atoms with Crippen molar-refractivity contribution in [1.82, 2.24) is 0 Å². The van der Waals surface area contributed by atoms with E-state index in [-0.39, 0.29) is 3.74 Å². The Labute approximate surface area is 562 Å². The van der Waals surface area contributed by atoms with Gasteiger partial charge in [-0.05, 0) is 0 Å². The molecular formula is C16HBr33. The average Bonchev–Trinajstić information content (AvgIpc) is 2.86. The highest BCUT2D eigenvalue weighted by atomic mass is 80.0. The Bertz CT molecular complexity index is 1190. The van der Waals surface area contributed by atoms with Crippen LogP contribution >= 0.6 is 526 Å². The van der Waals surface area contributed by atoms with Gasteiger partial charge in [-0.1, -0.05) is 526 Å². The molecule has 0 aliphatic carbocycles. The van der Waals surface area contributed by atoms with E-state index in [0.717, 1.165) is 0 Å². The average molecular weight is 2830 g/mol. The largest absolute Gasteiger partial charge is 0.162 e. The van der Waals surface area contributed by atoms with Crippen molar-refractivity contribution in [3.05, 3.63) is 0 Å². The Balaban J connectivity index is 7.66. The molecule has 0 nitrogen and oxygen atoms in total. The lowest BCUT2D eigenvalue weighted by atomic mass is 10.0. The van der Waals surface area contributed by atoms with Gasteiger partial charge in [-0.3, -0.25) is 0 Å². The van der Waals surface area contributed by atoms with Crippen LogP contribution in [0, 0.1) is 0 Å². The summed E-state index contributed by atoms with van der Waals surface area (Å²) in [4.78, 5) is 0. The molecule has 0 aliphatic rings. The highest BCUT2D eigenvalue weighted by Gasteiger charge is 2.83. The lowest BCUT2D eigenvalue weighted by Gasteiger charge is -2.62. The Kier molecular flexibility index (Phi) is 28.2. The predicted molar refractivity (Wildman–Crippen MR) is 339 cm³/mol. The first-order chi connectivity index (χ1) is 20.4. The Hall–Kier alpha value is 15.8. The summed E-state index contributed by atoms with van der Waals surface area (Å²) in [6.45, 7) is 0. The maximum atomic E-state index is 4.01. The standard InChI is InChI=1S/C16HBr33/c17-1(18)2(19,20)3(21,22)4(23,24)5(25,26)6(27,28)7(29,30)8(31,32)9(33,34)10(35,36)11(37,38)12(39,40)13(41,42)14(43,44)15(45,46)16(47,48)49/h1H. The van der Waals surface area contributed by atoms with Crippen molar-refractivity contribution in [1.29, 1.82) is 0 Å². The smallest absolute Gasteiger partial charge is 0.0739 e. The summed E-state index contributed by atoms with van der Waals surface area (Å²) in [7, 11) is 0. The fourth-order valence-electron chi connectivity index (χ4n) is 2.69. The molecule has 0 radical (unpaired) electrons. The fraction of sp³-hybridized carbons (Fsp3) is 1.00. The second-order valence-electron chi connectivity index (χ2n) is 8.89. The van der Waals surface area contributed by atoms with E-state index in [1.54, 1.807) is 0 Å². The van der Waals surface area contributed by atoms with Crippen molar-refractivity contribution in [2.75, 3.05) is 0 Å². The molecule has 33 heteroatoms.